The molecule has 0 radical (unpaired) electrons. The summed E-state index contributed by atoms with van der Waals surface area (Å²) in [5.74, 6) is -0.928. The summed E-state index contributed by atoms with van der Waals surface area (Å²) in [6.45, 7) is -0.0734. The summed E-state index contributed by atoms with van der Waals surface area (Å²) >= 11 is 0. The van der Waals surface area contributed by atoms with Crippen molar-refractivity contribution < 1.29 is 14.4 Å². The number of hydrogen-bond donors (Lipinski definition) is 1. The molecule has 0 spiro atoms. The number of fused-ring (bicyclic) bond motifs is 2. The third-order valence-electron chi connectivity index (χ3n) is 4.73. The van der Waals surface area contributed by atoms with Crippen LogP contribution < -0.4 is 5.32 Å². The Bertz CT molecular complexity index is 861. The lowest BCUT2D eigenvalue weighted by Crippen LogP contribution is -2.41. The van der Waals surface area contributed by atoms with Gasteiger partial charge in [0.2, 0.25) is 17.7 Å². The minimum Gasteiger partial charge on any atom is -0.347 e. The number of carbonyl (C=O) groups is 3. The summed E-state index contributed by atoms with van der Waals surface area (Å²) < 4.78 is 1.77. The molecule has 2 aromatic heterocycles. The molecule has 1 fully saturated rings. The Hall–Kier alpha value is -3.03. The molecular weight excluding hydrogens is 322 g/mol. The quantitative estimate of drug-likeness (QED) is 0.638. The Morgan fingerprint density at radius 2 is 1.84 bits per heavy atom. The highest BCUT2D eigenvalue weighted by Crippen LogP contribution is 2.34. The van der Waals surface area contributed by atoms with Crippen molar-refractivity contribution in [2.24, 2.45) is 11.8 Å². The second-order valence-electron chi connectivity index (χ2n) is 6.24. The van der Waals surface area contributed by atoms with Crippen LogP contribution >= 0.6 is 0 Å². The van der Waals surface area contributed by atoms with Gasteiger partial charge in [0.15, 0.2) is 11.5 Å². The normalized spacial score (nSPS) is 22.5. The smallest absolute Gasteiger partial charge is 0.240 e. The van der Waals surface area contributed by atoms with Crippen LogP contribution in [0.25, 0.3) is 5.65 Å². The number of aromatic nitrogens is 3. The fourth-order valence-electron chi connectivity index (χ4n) is 3.41. The second-order valence-corrected chi connectivity index (χ2v) is 6.24. The van der Waals surface area contributed by atoms with E-state index in [0.717, 1.165) is 4.90 Å². The summed E-state index contributed by atoms with van der Waals surface area (Å²) in [4.78, 5) is 38.0. The van der Waals surface area contributed by atoms with Crippen molar-refractivity contribution in [1.82, 2.24) is 24.8 Å². The molecule has 0 aromatic carbocycles. The predicted octanol–water partition coefficient (Wildman–Crippen LogP) is 0.297. The van der Waals surface area contributed by atoms with Crippen LogP contribution in [0.3, 0.4) is 0 Å². The van der Waals surface area contributed by atoms with E-state index in [2.05, 4.69) is 15.5 Å². The monoisotopic (exact) mass is 339 g/mol. The fraction of sp³-hybridized carbons (Fsp3) is 0.353. The Morgan fingerprint density at radius 3 is 2.56 bits per heavy atom. The van der Waals surface area contributed by atoms with Crippen LogP contribution in [-0.2, 0) is 20.9 Å². The first-order chi connectivity index (χ1) is 12.1. The lowest BCUT2D eigenvalue weighted by molar-refractivity contribution is -0.143. The number of allylic oxidation sites excluding steroid dienone is 2. The zero-order chi connectivity index (χ0) is 17.4. The summed E-state index contributed by atoms with van der Waals surface area (Å²) in [6.07, 6.45) is 6.79. The first-order valence-corrected chi connectivity index (χ1v) is 8.20. The Morgan fingerprint density at radius 1 is 1.12 bits per heavy atom. The Balaban J connectivity index is 1.39. The van der Waals surface area contributed by atoms with Crippen LogP contribution in [0.15, 0.2) is 36.5 Å². The van der Waals surface area contributed by atoms with Gasteiger partial charge in [-0.3, -0.25) is 23.7 Å². The average Bonchev–Trinajstić information content (AvgIpc) is 3.15. The molecule has 8 nitrogen and oxygen atoms in total. The van der Waals surface area contributed by atoms with Gasteiger partial charge in [0, 0.05) is 6.20 Å². The van der Waals surface area contributed by atoms with Gasteiger partial charge >= 0.3 is 0 Å². The van der Waals surface area contributed by atoms with E-state index >= 15 is 0 Å². The number of imide groups is 1. The van der Waals surface area contributed by atoms with Crippen molar-refractivity contribution in [3.63, 3.8) is 0 Å². The molecule has 3 heterocycles. The molecule has 25 heavy (non-hydrogen) atoms. The lowest BCUT2D eigenvalue weighted by Gasteiger charge is -2.14. The minimum absolute atomic E-state index is 0.175. The molecule has 1 saturated heterocycles. The number of hydrogen-bond acceptors (Lipinski definition) is 5. The summed E-state index contributed by atoms with van der Waals surface area (Å²) in [7, 11) is 0. The van der Waals surface area contributed by atoms with Gasteiger partial charge in [-0.05, 0) is 25.0 Å². The molecule has 2 aliphatic rings. The minimum atomic E-state index is -0.388. The summed E-state index contributed by atoms with van der Waals surface area (Å²) in [6, 6.07) is 5.51. The molecule has 1 aliphatic heterocycles. The van der Waals surface area contributed by atoms with Gasteiger partial charge in [0.1, 0.15) is 6.54 Å². The van der Waals surface area contributed by atoms with Gasteiger partial charge in [-0.1, -0.05) is 18.2 Å². The number of amides is 3. The molecule has 0 saturated carbocycles. The average molecular weight is 339 g/mol. The molecule has 0 bridgehead atoms. The molecule has 8 heteroatoms. The Labute approximate surface area is 143 Å². The van der Waals surface area contributed by atoms with E-state index in [1.54, 1.807) is 4.40 Å². The molecular formula is C17H17N5O3. The van der Waals surface area contributed by atoms with Crippen LogP contribution in [0.5, 0.6) is 0 Å². The van der Waals surface area contributed by atoms with Crippen LogP contribution in [-0.4, -0.2) is 43.8 Å². The van der Waals surface area contributed by atoms with Crippen LogP contribution in [0.2, 0.25) is 0 Å². The third kappa shape index (κ3) is 2.69. The van der Waals surface area contributed by atoms with E-state index in [4.69, 9.17) is 0 Å². The van der Waals surface area contributed by atoms with Crippen molar-refractivity contribution in [3.8, 4) is 0 Å². The van der Waals surface area contributed by atoms with Crippen molar-refractivity contribution >= 4 is 23.4 Å². The molecule has 2 aromatic rings. The van der Waals surface area contributed by atoms with E-state index < -0.39 is 0 Å². The zero-order valence-electron chi connectivity index (χ0n) is 13.5. The highest BCUT2D eigenvalue weighted by Gasteiger charge is 2.47. The molecule has 4 rings (SSSR count). The molecule has 2 atom stereocenters. The van der Waals surface area contributed by atoms with Gasteiger partial charge in [-0.25, -0.2) is 0 Å². The maximum Gasteiger partial charge on any atom is 0.240 e. The van der Waals surface area contributed by atoms with E-state index in [1.807, 2.05) is 36.5 Å². The molecule has 3 amide bonds. The lowest BCUT2D eigenvalue weighted by atomic mass is 9.85. The first kappa shape index (κ1) is 15.5. The third-order valence-corrected chi connectivity index (χ3v) is 4.73. The van der Waals surface area contributed by atoms with Gasteiger partial charge < -0.3 is 5.32 Å². The van der Waals surface area contributed by atoms with E-state index in [1.165, 1.54) is 0 Å². The van der Waals surface area contributed by atoms with Crippen LogP contribution in [0.4, 0.5) is 0 Å². The molecule has 1 N–H and O–H groups in total. The first-order valence-electron chi connectivity index (χ1n) is 8.20. The maximum absolute atomic E-state index is 12.4. The topological polar surface area (TPSA) is 96.7 Å². The SMILES string of the molecule is O=C(CN1C(=O)[C@H]2CC=CC[C@H]2C1=O)NCc1nnc2ccccn12. The van der Waals surface area contributed by atoms with E-state index in [-0.39, 0.29) is 42.6 Å². The number of pyridine rings is 1. The predicted molar refractivity (Wildman–Crippen MR) is 86.9 cm³/mol. The number of nitrogens with zero attached hydrogens (tertiary/aromatic N) is 4. The highest BCUT2D eigenvalue weighted by atomic mass is 16.2. The van der Waals surface area contributed by atoms with Gasteiger partial charge in [-0.2, -0.15) is 0 Å². The highest BCUT2D eigenvalue weighted by molar-refractivity contribution is 6.07. The largest absolute Gasteiger partial charge is 0.347 e. The van der Waals surface area contributed by atoms with Crippen molar-refractivity contribution in [3.05, 3.63) is 42.4 Å². The van der Waals surface area contributed by atoms with E-state index in [0.29, 0.717) is 24.3 Å². The van der Waals surface area contributed by atoms with Gasteiger partial charge in [-0.15, -0.1) is 10.2 Å². The Kier molecular flexibility index (Phi) is 3.79. The number of carbonyl (C=O) groups excluding carboxylic acids is 3. The molecule has 1 aliphatic carbocycles. The van der Waals surface area contributed by atoms with Crippen molar-refractivity contribution in [2.45, 2.75) is 19.4 Å². The van der Waals surface area contributed by atoms with Crippen molar-refractivity contribution in [1.29, 1.82) is 0 Å². The number of rotatable bonds is 4. The fourth-order valence-corrected chi connectivity index (χ4v) is 3.41. The van der Waals surface area contributed by atoms with Gasteiger partial charge in [0.25, 0.3) is 0 Å². The van der Waals surface area contributed by atoms with E-state index in [9.17, 15) is 14.4 Å². The second kappa shape index (κ2) is 6.12. The van der Waals surface area contributed by atoms with Crippen LogP contribution in [0, 0.1) is 11.8 Å². The van der Waals surface area contributed by atoms with Crippen LogP contribution in [0.1, 0.15) is 18.7 Å². The summed E-state index contributed by atoms with van der Waals surface area (Å²) in [5.41, 5.74) is 0.688. The van der Waals surface area contributed by atoms with Crippen molar-refractivity contribution in [2.75, 3.05) is 6.54 Å². The molecule has 0 unspecified atom stereocenters. The zero-order valence-corrected chi connectivity index (χ0v) is 13.5. The maximum atomic E-state index is 12.4. The standard InChI is InChI=1S/C17H17N5O3/c23-15(18-9-14-20-19-13-7-3-4-8-21(13)14)10-22-16(24)11-5-1-2-6-12(11)17(22)25/h1-4,7-8,11-12H,5-6,9-10H2,(H,18,23)/t11-,12+. The molecule has 128 valence electrons. The summed E-state index contributed by atoms with van der Waals surface area (Å²) in [5, 5.41) is 10.7. The van der Waals surface area contributed by atoms with Gasteiger partial charge in [0.05, 0.1) is 18.4 Å². The number of nitrogens with one attached hydrogen (secondary N) is 1. The number of likely N-dealkylation sites (tertiary alicyclic amines) is 1.